The van der Waals surface area contributed by atoms with Crippen LogP contribution in [0, 0.1) is 41.4 Å². The molecule has 1 heterocycles. The first-order valence-electron chi connectivity index (χ1n) is 30.7. The van der Waals surface area contributed by atoms with Gasteiger partial charge in [0, 0.05) is 49.3 Å². The van der Waals surface area contributed by atoms with Gasteiger partial charge in [-0.2, -0.15) is 0 Å². The minimum atomic E-state index is -1.67. The van der Waals surface area contributed by atoms with Crippen LogP contribution in [0.4, 0.5) is 0 Å². The van der Waals surface area contributed by atoms with E-state index in [1.54, 1.807) is 47.6 Å². The van der Waals surface area contributed by atoms with E-state index in [-0.39, 0.29) is 68.8 Å². The summed E-state index contributed by atoms with van der Waals surface area (Å²) >= 11 is 0. The second-order valence-corrected chi connectivity index (χ2v) is 26.2. The van der Waals surface area contributed by atoms with Crippen molar-refractivity contribution in [3.63, 3.8) is 0 Å². The lowest BCUT2D eigenvalue weighted by molar-refractivity contribution is -0.157. The molecule has 86 heavy (non-hydrogen) atoms. The van der Waals surface area contributed by atoms with Crippen molar-refractivity contribution in [2.45, 2.75) is 216 Å². The maximum atomic E-state index is 15.1. The summed E-state index contributed by atoms with van der Waals surface area (Å²) in [4.78, 5) is 168. The smallest absolute Gasteiger partial charge is 0.246 e. The SMILES string of the molecule is CCC1NC(=O)C(C(O)C(C)C/C=C/CO)N(C)C(=O)C(C(C)C)N(C)C(=O)C(CC(C)C)N(C)C(=O)C(CC(C)C)N(C)C(=O)C(C)NC(=O)C(C)NC(=O)C(CC(C)C)N(C)C(=O)C(C(C)C)NC(=O)C(CC(C)C)N(C)C(=O)CN(C)C1=O. The molecule has 0 aromatic rings. The van der Waals surface area contributed by atoms with Crippen LogP contribution in [0.3, 0.4) is 0 Å². The Balaban J connectivity index is 4.33. The third-order valence-corrected chi connectivity index (χ3v) is 16.1. The van der Waals surface area contributed by atoms with Crippen molar-refractivity contribution in [1.29, 1.82) is 0 Å². The molecule has 12 unspecified atom stereocenters. The van der Waals surface area contributed by atoms with E-state index in [4.69, 9.17) is 0 Å². The molecule has 1 saturated heterocycles. The molecule has 1 aliphatic rings. The molecule has 1 rings (SSSR count). The van der Waals surface area contributed by atoms with Gasteiger partial charge in [-0.05, 0) is 93.8 Å². The van der Waals surface area contributed by atoms with Gasteiger partial charge < -0.3 is 65.8 Å². The normalized spacial score (nSPS) is 26.7. The Labute approximate surface area is 513 Å². The van der Waals surface area contributed by atoms with E-state index in [0.29, 0.717) is 0 Å². The van der Waals surface area contributed by atoms with Gasteiger partial charge in [0.15, 0.2) is 0 Å². The van der Waals surface area contributed by atoms with Crippen LogP contribution in [0.5, 0.6) is 0 Å². The Kier molecular flexibility index (Phi) is 32.2. The Bertz CT molecular complexity index is 2350. The lowest BCUT2D eigenvalue weighted by Crippen LogP contribution is -2.63. The average Bonchev–Trinajstić information content (AvgIpc) is 1.45. The van der Waals surface area contributed by atoms with E-state index in [9.17, 15) is 53.4 Å². The van der Waals surface area contributed by atoms with Crippen molar-refractivity contribution >= 4 is 65.0 Å². The highest BCUT2D eigenvalue weighted by Gasteiger charge is 2.45. The Morgan fingerprint density at radius 1 is 0.453 bits per heavy atom. The summed E-state index contributed by atoms with van der Waals surface area (Å²) in [7, 11) is 9.80. The largest absolute Gasteiger partial charge is 0.392 e. The molecule has 0 bridgehead atoms. The van der Waals surface area contributed by atoms with Gasteiger partial charge in [0.25, 0.3) is 0 Å². The average molecular weight is 1220 g/mol. The van der Waals surface area contributed by atoms with E-state index in [0.717, 1.165) is 9.80 Å². The lowest BCUT2D eigenvalue weighted by atomic mass is 9.91. The highest BCUT2D eigenvalue weighted by molar-refractivity contribution is 5.99. The minimum absolute atomic E-state index is 0.00425. The molecule has 6 N–H and O–H groups in total. The van der Waals surface area contributed by atoms with Gasteiger partial charge in [-0.1, -0.05) is 109 Å². The van der Waals surface area contributed by atoms with Gasteiger partial charge in [-0.25, -0.2) is 0 Å². The van der Waals surface area contributed by atoms with Crippen molar-refractivity contribution in [3.05, 3.63) is 12.2 Å². The maximum absolute atomic E-state index is 15.1. The zero-order chi connectivity index (χ0) is 66.7. The molecule has 1 fully saturated rings. The van der Waals surface area contributed by atoms with Gasteiger partial charge >= 0.3 is 0 Å². The van der Waals surface area contributed by atoms with Crippen LogP contribution in [-0.4, -0.2) is 238 Å². The summed E-state index contributed by atoms with van der Waals surface area (Å²) in [5.74, 6) is -10.1. The predicted octanol–water partition coefficient (Wildman–Crippen LogP) is 2.24. The van der Waals surface area contributed by atoms with E-state index >= 15 is 9.59 Å². The number of aliphatic hydroxyl groups excluding tert-OH is 2. The van der Waals surface area contributed by atoms with Crippen LogP contribution in [0.15, 0.2) is 12.2 Å². The number of likely N-dealkylation sites (N-methyl/N-ethyl adjacent to an activating group) is 7. The van der Waals surface area contributed by atoms with Crippen molar-refractivity contribution in [1.82, 2.24) is 55.6 Å². The fourth-order valence-corrected chi connectivity index (χ4v) is 10.7. The Morgan fingerprint density at radius 2 is 0.872 bits per heavy atom. The fourth-order valence-electron chi connectivity index (χ4n) is 10.7. The quantitative estimate of drug-likeness (QED) is 0.121. The van der Waals surface area contributed by atoms with Gasteiger partial charge in [0.2, 0.25) is 65.0 Å². The van der Waals surface area contributed by atoms with Crippen molar-refractivity contribution in [3.8, 4) is 0 Å². The number of nitrogens with one attached hydrogen (secondary N) is 4. The number of rotatable bonds is 16. The summed E-state index contributed by atoms with van der Waals surface area (Å²) in [6.45, 7) is 27.0. The zero-order valence-electron chi connectivity index (χ0n) is 56.2. The number of carbonyl (C=O) groups is 11. The van der Waals surface area contributed by atoms with Crippen molar-refractivity contribution < 1.29 is 63.0 Å². The number of carbonyl (C=O) groups excluding carboxylic acids is 11. The van der Waals surface area contributed by atoms with Crippen LogP contribution in [-0.2, 0) is 52.7 Å². The third kappa shape index (κ3) is 21.9. The first kappa shape index (κ1) is 77.8. The summed E-state index contributed by atoms with van der Waals surface area (Å²) in [5, 5.41) is 32.5. The zero-order valence-corrected chi connectivity index (χ0v) is 56.2. The van der Waals surface area contributed by atoms with Crippen LogP contribution in [0.1, 0.15) is 149 Å². The summed E-state index contributed by atoms with van der Waals surface area (Å²) in [6, 6.07) is -12.5. The lowest BCUT2D eigenvalue weighted by Gasteiger charge is -2.41. The number of hydrogen-bond donors (Lipinski definition) is 6. The number of aliphatic hydroxyl groups is 2. The molecular weight excluding hydrogens is 1110 g/mol. The Morgan fingerprint density at radius 3 is 1.33 bits per heavy atom. The molecule has 12 atom stereocenters. The second-order valence-electron chi connectivity index (χ2n) is 26.2. The third-order valence-electron chi connectivity index (χ3n) is 16.1. The van der Waals surface area contributed by atoms with Crippen LogP contribution >= 0.6 is 0 Å². The molecule has 0 aromatic heterocycles. The number of hydrogen-bond acceptors (Lipinski definition) is 13. The molecular formula is C62H111N11O13. The van der Waals surface area contributed by atoms with Gasteiger partial charge in [-0.3, -0.25) is 52.7 Å². The molecule has 0 radical (unpaired) electrons. The molecule has 24 nitrogen and oxygen atoms in total. The van der Waals surface area contributed by atoms with E-state index in [1.807, 2.05) is 55.4 Å². The first-order chi connectivity index (χ1) is 39.7. The standard InChI is InChI=1S/C62H111N11O13/c1-24-43-58(82)67(17)33-48(75)68(18)44(29-34(2)3)55(79)66-49(38(10)11)61(85)69(19)45(30-35(4)5)54(78)63-41(15)53(77)64-42(16)57(81)70(20)46(31-36(6)7)59(83)71(21)47(32-37(8)9)60(84)72(22)50(39(12)13)62(86)73(23)51(56(80)65-43)52(76)40(14)27-25-26-28-74/h25-26,34-47,49-52,74,76H,24,27-33H2,1-23H3,(H,63,78)(H,64,77)(H,65,80)(H,66,79)/b26-25+. The molecule has 0 spiro atoms. The number of nitrogens with zero attached hydrogens (tertiary/aromatic N) is 7. The van der Waals surface area contributed by atoms with E-state index in [2.05, 4.69) is 21.3 Å². The monoisotopic (exact) mass is 1220 g/mol. The minimum Gasteiger partial charge on any atom is -0.392 e. The van der Waals surface area contributed by atoms with Crippen molar-refractivity contribution in [2.75, 3.05) is 62.5 Å². The highest BCUT2D eigenvalue weighted by Crippen LogP contribution is 2.26. The maximum Gasteiger partial charge on any atom is 0.246 e. The molecule has 492 valence electrons. The number of allylic oxidation sites excluding steroid dienone is 1. The second kappa shape index (κ2) is 35.6. The summed E-state index contributed by atoms with van der Waals surface area (Å²) < 4.78 is 0. The molecule has 0 aromatic carbocycles. The Hall–Kier alpha value is -6.17. The van der Waals surface area contributed by atoms with Gasteiger partial charge in [0.05, 0.1) is 19.3 Å². The van der Waals surface area contributed by atoms with E-state index in [1.165, 1.54) is 93.8 Å². The van der Waals surface area contributed by atoms with Gasteiger partial charge in [-0.15, -0.1) is 0 Å². The predicted molar refractivity (Wildman–Crippen MR) is 330 cm³/mol. The fraction of sp³-hybridized carbons (Fsp3) is 0.790. The van der Waals surface area contributed by atoms with Crippen molar-refractivity contribution in [2.24, 2.45) is 41.4 Å². The van der Waals surface area contributed by atoms with E-state index < -0.39 is 156 Å². The van der Waals surface area contributed by atoms with Crippen LogP contribution < -0.4 is 21.3 Å². The molecule has 1 aliphatic heterocycles. The molecule has 11 amide bonds. The molecule has 24 heteroatoms. The molecule has 0 saturated carbocycles. The molecule has 0 aliphatic carbocycles. The number of amides is 11. The summed E-state index contributed by atoms with van der Waals surface area (Å²) in [6.07, 6.45) is 2.22. The van der Waals surface area contributed by atoms with Crippen LogP contribution in [0.2, 0.25) is 0 Å². The van der Waals surface area contributed by atoms with Crippen LogP contribution in [0.25, 0.3) is 0 Å². The van der Waals surface area contributed by atoms with Gasteiger partial charge in [0.1, 0.15) is 60.4 Å². The topological polar surface area (TPSA) is 299 Å². The summed E-state index contributed by atoms with van der Waals surface area (Å²) in [5.41, 5.74) is 0. The first-order valence-corrected chi connectivity index (χ1v) is 30.7. The highest BCUT2D eigenvalue weighted by atomic mass is 16.3.